The lowest BCUT2D eigenvalue weighted by atomic mass is 10.2. The fraction of sp³-hybridized carbons (Fsp3) is 0.571. The highest BCUT2D eigenvalue weighted by atomic mass is 15.2. The van der Waals surface area contributed by atoms with Crippen molar-refractivity contribution in [3.8, 4) is 0 Å². The van der Waals surface area contributed by atoms with E-state index in [0.717, 1.165) is 24.4 Å². The van der Waals surface area contributed by atoms with E-state index in [9.17, 15) is 0 Å². The monoisotopic (exact) mass is 244 g/mol. The van der Waals surface area contributed by atoms with E-state index in [1.807, 2.05) is 12.4 Å². The third-order valence-electron chi connectivity index (χ3n) is 3.31. The zero-order valence-electron chi connectivity index (χ0n) is 11.1. The van der Waals surface area contributed by atoms with Crippen LogP contribution in [0.25, 0.3) is 11.0 Å². The van der Waals surface area contributed by atoms with E-state index in [4.69, 9.17) is 4.98 Å². The molecular weight excluding hydrogens is 224 g/mol. The second-order valence-corrected chi connectivity index (χ2v) is 5.52. The number of hydrogen-bond donors (Lipinski definition) is 1. The van der Waals surface area contributed by atoms with Crippen LogP contribution in [-0.4, -0.2) is 21.1 Å². The highest BCUT2D eigenvalue weighted by molar-refractivity contribution is 5.75. The Hall–Kier alpha value is -1.42. The molecule has 1 N–H and O–H groups in total. The molecule has 2 aromatic heterocycles. The van der Waals surface area contributed by atoms with E-state index in [0.29, 0.717) is 12.0 Å². The first-order valence-corrected chi connectivity index (χ1v) is 6.77. The molecule has 0 spiro atoms. The molecule has 1 fully saturated rings. The van der Waals surface area contributed by atoms with Crippen LogP contribution in [0.1, 0.15) is 38.6 Å². The largest absolute Gasteiger partial charge is 0.324 e. The Balaban J connectivity index is 1.88. The number of aromatic nitrogens is 3. The van der Waals surface area contributed by atoms with Crippen LogP contribution in [0.5, 0.6) is 0 Å². The normalized spacial score (nSPS) is 15.7. The van der Waals surface area contributed by atoms with Crippen molar-refractivity contribution in [2.75, 3.05) is 6.54 Å². The lowest BCUT2D eigenvalue weighted by Crippen LogP contribution is -2.21. The second kappa shape index (κ2) is 4.69. The van der Waals surface area contributed by atoms with Gasteiger partial charge in [-0.3, -0.25) is 4.98 Å². The van der Waals surface area contributed by atoms with Crippen molar-refractivity contribution in [3.63, 3.8) is 0 Å². The third-order valence-corrected chi connectivity index (χ3v) is 3.31. The van der Waals surface area contributed by atoms with Crippen molar-refractivity contribution in [3.05, 3.63) is 24.3 Å². The molecule has 0 unspecified atom stereocenters. The Bertz CT molecular complexity index is 540. The molecule has 0 amide bonds. The van der Waals surface area contributed by atoms with Crippen LogP contribution in [-0.2, 0) is 6.54 Å². The van der Waals surface area contributed by atoms with Gasteiger partial charge in [0, 0.05) is 12.2 Å². The van der Waals surface area contributed by atoms with E-state index in [1.165, 1.54) is 18.4 Å². The molecular formula is C14H20N4. The van der Waals surface area contributed by atoms with Gasteiger partial charge in [0.2, 0.25) is 0 Å². The van der Waals surface area contributed by atoms with E-state index in [-0.39, 0.29) is 0 Å². The van der Waals surface area contributed by atoms with E-state index >= 15 is 0 Å². The molecule has 18 heavy (non-hydrogen) atoms. The van der Waals surface area contributed by atoms with Crippen LogP contribution in [0.2, 0.25) is 0 Å². The summed E-state index contributed by atoms with van der Waals surface area (Å²) < 4.78 is 2.39. The average molecular weight is 244 g/mol. The molecule has 0 atom stereocenters. The van der Waals surface area contributed by atoms with Crippen LogP contribution in [0.4, 0.5) is 0 Å². The molecule has 3 rings (SSSR count). The zero-order chi connectivity index (χ0) is 12.5. The Morgan fingerprint density at radius 1 is 1.44 bits per heavy atom. The topological polar surface area (TPSA) is 42.7 Å². The maximum absolute atomic E-state index is 4.71. The predicted octanol–water partition coefficient (Wildman–Crippen LogP) is 2.51. The summed E-state index contributed by atoms with van der Waals surface area (Å²) in [4.78, 5) is 8.87. The average Bonchev–Trinajstić information content (AvgIpc) is 3.10. The minimum absolute atomic E-state index is 0.660. The molecule has 2 heterocycles. The van der Waals surface area contributed by atoms with Gasteiger partial charge in [-0.05, 0) is 31.4 Å². The Morgan fingerprint density at radius 2 is 2.28 bits per heavy atom. The molecule has 0 bridgehead atoms. The predicted molar refractivity (Wildman–Crippen MR) is 72.3 cm³/mol. The number of pyridine rings is 1. The van der Waals surface area contributed by atoms with E-state index in [1.54, 1.807) is 0 Å². The summed E-state index contributed by atoms with van der Waals surface area (Å²) in [6.07, 6.45) is 6.28. The Labute approximate surface area is 107 Å². The standard InChI is InChI=1S/C14H20N4/c1-10(2)7-16-9-14-17-12-8-15-6-5-13(12)18(14)11-3-4-11/h5-6,8,10-11,16H,3-4,7,9H2,1-2H3. The molecule has 0 radical (unpaired) electrons. The maximum atomic E-state index is 4.71. The number of hydrogen-bond acceptors (Lipinski definition) is 3. The van der Waals surface area contributed by atoms with Crippen molar-refractivity contribution in [2.24, 2.45) is 5.92 Å². The molecule has 1 saturated carbocycles. The first-order valence-electron chi connectivity index (χ1n) is 6.77. The highest BCUT2D eigenvalue weighted by Gasteiger charge is 2.27. The Morgan fingerprint density at radius 3 is 3.00 bits per heavy atom. The summed E-state index contributed by atoms with van der Waals surface area (Å²) in [6, 6.07) is 2.74. The van der Waals surface area contributed by atoms with Gasteiger partial charge in [-0.15, -0.1) is 0 Å². The van der Waals surface area contributed by atoms with Crippen molar-refractivity contribution >= 4 is 11.0 Å². The van der Waals surface area contributed by atoms with Gasteiger partial charge in [-0.1, -0.05) is 13.8 Å². The summed E-state index contributed by atoms with van der Waals surface area (Å²) >= 11 is 0. The van der Waals surface area contributed by atoms with E-state index < -0.39 is 0 Å². The van der Waals surface area contributed by atoms with Crippen molar-refractivity contribution in [1.82, 2.24) is 19.9 Å². The molecule has 96 valence electrons. The summed E-state index contributed by atoms with van der Waals surface area (Å²) in [5.41, 5.74) is 2.25. The van der Waals surface area contributed by atoms with Crippen LogP contribution >= 0.6 is 0 Å². The third kappa shape index (κ3) is 2.25. The van der Waals surface area contributed by atoms with Gasteiger partial charge in [0.05, 0.1) is 18.3 Å². The Kier molecular flexibility index (Phi) is 3.04. The SMILES string of the molecule is CC(C)CNCc1nc2cnccc2n1C1CC1. The van der Waals surface area contributed by atoms with Crippen LogP contribution in [0.15, 0.2) is 18.5 Å². The first kappa shape index (κ1) is 11.7. The molecule has 1 aliphatic rings. The quantitative estimate of drug-likeness (QED) is 0.878. The van der Waals surface area contributed by atoms with E-state index in [2.05, 4.69) is 34.8 Å². The van der Waals surface area contributed by atoms with Crippen molar-refractivity contribution < 1.29 is 0 Å². The van der Waals surface area contributed by atoms with Gasteiger partial charge in [-0.25, -0.2) is 4.98 Å². The minimum atomic E-state index is 0.660. The lowest BCUT2D eigenvalue weighted by Gasteiger charge is -2.10. The van der Waals surface area contributed by atoms with Gasteiger partial charge in [0.15, 0.2) is 0 Å². The zero-order valence-corrected chi connectivity index (χ0v) is 11.1. The van der Waals surface area contributed by atoms with Crippen LogP contribution in [0.3, 0.4) is 0 Å². The fourth-order valence-electron chi connectivity index (χ4n) is 2.34. The molecule has 2 aromatic rings. The molecule has 0 saturated heterocycles. The number of rotatable bonds is 5. The van der Waals surface area contributed by atoms with Crippen LogP contribution in [0, 0.1) is 5.92 Å². The van der Waals surface area contributed by atoms with Crippen molar-refractivity contribution in [1.29, 1.82) is 0 Å². The van der Waals surface area contributed by atoms with Crippen LogP contribution < -0.4 is 5.32 Å². The number of nitrogens with zero attached hydrogens (tertiary/aromatic N) is 3. The molecule has 4 nitrogen and oxygen atoms in total. The van der Waals surface area contributed by atoms with Crippen molar-refractivity contribution in [2.45, 2.75) is 39.3 Å². The number of fused-ring (bicyclic) bond motifs is 1. The molecule has 4 heteroatoms. The van der Waals surface area contributed by atoms with Gasteiger partial charge in [0.1, 0.15) is 11.3 Å². The maximum Gasteiger partial charge on any atom is 0.124 e. The molecule has 1 aliphatic carbocycles. The minimum Gasteiger partial charge on any atom is -0.324 e. The summed E-state index contributed by atoms with van der Waals surface area (Å²) in [5, 5.41) is 3.48. The summed E-state index contributed by atoms with van der Waals surface area (Å²) in [5.74, 6) is 1.83. The molecule has 0 aromatic carbocycles. The number of nitrogens with one attached hydrogen (secondary N) is 1. The smallest absolute Gasteiger partial charge is 0.124 e. The van der Waals surface area contributed by atoms with Gasteiger partial charge >= 0.3 is 0 Å². The summed E-state index contributed by atoms with van der Waals surface area (Å²) in [7, 11) is 0. The highest BCUT2D eigenvalue weighted by Crippen LogP contribution is 2.38. The first-order chi connectivity index (χ1) is 8.75. The second-order valence-electron chi connectivity index (χ2n) is 5.52. The molecule has 0 aliphatic heterocycles. The van der Waals surface area contributed by atoms with Gasteiger partial charge in [0.25, 0.3) is 0 Å². The number of imidazole rings is 1. The van der Waals surface area contributed by atoms with Gasteiger partial charge in [-0.2, -0.15) is 0 Å². The lowest BCUT2D eigenvalue weighted by molar-refractivity contribution is 0.531. The summed E-state index contributed by atoms with van der Waals surface area (Å²) in [6.45, 7) is 6.33. The van der Waals surface area contributed by atoms with Gasteiger partial charge < -0.3 is 9.88 Å². The fourth-order valence-corrected chi connectivity index (χ4v) is 2.34.